The average Bonchev–Trinajstić information content (AvgIpc) is 3.13. The second kappa shape index (κ2) is 6.33. The van der Waals surface area contributed by atoms with E-state index in [0.29, 0.717) is 47.7 Å². The minimum absolute atomic E-state index is 0.0951. The molecule has 0 saturated carbocycles. The molecule has 2 aromatic rings. The molecule has 3 rings (SSSR count). The van der Waals surface area contributed by atoms with Gasteiger partial charge in [0.25, 0.3) is 6.01 Å². The molecule has 1 saturated heterocycles. The number of aromatic nitrogens is 1. The van der Waals surface area contributed by atoms with Crippen molar-refractivity contribution in [1.82, 2.24) is 4.98 Å². The molecule has 3 N–H and O–H groups in total. The zero-order valence-corrected chi connectivity index (χ0v) is 12.0. The van der Waals surface area contributed by atoms with Crippen molar-refractivity contribution in [3.05, 3.63) is 30.1 Å². The third-order valence-corrected chi connectivity index (χ3v) is 3.62. The molecule has 1 aromatic carbocycles. The van der Waals surface area contributed by atoms with Crippen LogP contribution in [0, 0.1) is 0 Å². The molecule has 6 nitrogen and oxygen atoms in total. The van der Waals surface area contributed by atoms with Gasteiger partial charge in [-0.15, -0.1) is 0 Å². The predicted octanol–water partition coefficient (Wildman–Crippen LogP) is 1.59. The van der Waals surface area contributed by atoms with Crippen molar-refractivity contribution < 1.29 is 18.7 Å². The lowest BCUT2D eigenvalue weighted by atomic mass is 10.3. The maximum atomic E-state index is 12.4. The summed E-state index contributed by atoms with van der Waals surface area (Å²) in [6.07, 6.45) is 0.838. The number of ether oxygens (including phenoxy) is 1. The van der Waals surface area contributed by atoms with Crippen LogP contribution in [-0.4, -0.2) is 42.4 Å². The molecule has 0 aliphatic carbocycles. The highest BCUT2D eigenvalue weighted by Gasteiger charge is 2.24. The topological polar surface area (TPSA) is 84.8 Å². The van der Waals surface area contributed by atoms with Crippen molar-refractivity contribution in [3.63, 3.8) is 0 Å². The van der Waals surface area contributed by atoms with Crippen LogP contribution in [0.4, 0.5) is 10.4 Å². The van der Waals surface area contributed by atoms with Crippen LogP contribution in [0.1, 0.15) is 6.42 Å². The molecule has 0 spiro atoms. The van der Waals surface area contributed by atoms with Crippen molar-refractivity contribution in [1.29, 1.82) is 0 Å². The summed E-state index contributed by atoms with van der Waals surface area (Å²) in [5.41, 5.74) is 7.06. The van der Waals surface area contributed by atoms with E-state index < -0.39 is 0 Å². The van der Waals surface area contributed by atoms with Gasteiger partial charge in [0, 0.05) is 31.3 Å². The SMILES string of the molecule is NC/C(=C\F)COc1ccc2nc(N3CCC(O)C3)oc2c1. The Morgan fingerprint density at radius 2 is 2.45 bits per heavy atom. The number of halogens is 1. The number of aliphatic hydroxyl groups excluding tert-OH is 1. The fourth-order valence-corrected chi connectivity index (χ4v) is 2.34. The summed E-state index contributed by atoms with van der Waals surface area (Å²) in [6, 6.07) is 5.74. The molecular formula is C15H18FN3O3. The number of aliphatic hydroxyl groups is 1. The van der Waals surface area contributed by atoms with Crippen LogP contribution in [0.3, 0.4) is 0 Å². The highest BCUT2D eigenvalue weighted by Crippen LogP contribution is 2.27. The number of benzene rings is 1. The van der Waals surface area contributed by atoms with Crippen molar-refractivity contribution >= 4 is 17.1 Å². The van der Waals surface area contributed by atoms with E-state index in [1.165, 1.54) is 0 Å². The monoisotopic (exact) mass is 307 g/mol. The maximum Gasteiger partial charge on any atom is 0.298 e. The first-order valence-electron chi connectivity index (χ1n) is 7.14. The number of fused-ring (bicyclic) bond motifs is 1. The minimum atomic E-state index is -0.337. The van der Waals surface area contributed by atoms with E-state index in [-0.39, 0.29) is 19.3 Å². The number of oxazole rings is 1. The van der Waals surface area contributed by atoms with E-state index in [2.05, 4.69) is 4.98 Å². The normalized spacial score (nSPS) is 19.1. The number of hydrogen-bond donors (Lipinski definition) is 2. The number of β-amino-alcohol motifs (C(OH)–C–C–N with tert-alkyl or cyclic N) is 1. The second-order valence-corrected chi connectivity index (χ2v) is 5.27. The van der Waals surface area contributed by atoms with Gasteiger partial charge in [0.05, 0.1) is 12.4 Å². The summed E-state index contributed by atoms with van der Waals surface area (Å²) in [6.45, 7) is 1.45. The summed E-state index contributed by atoms with van der Waals surface area (Å²) in [5, 5.41) is 9.57. The number of anilines is 1. The molecule has 22 heavy (non-hydrogen) atoms. The summed E-state index contributed by atoms with van der Waals surface area (Å²) >= 11 is 0. The zero-order valence-electron chi connectivity index (χ0n) is 12.0. The zero-order chi connectivity index (χ0) is 15.5. The van der Waals surface area contributed by atoms with Gasteiger partial charge in [-0.3, -0.25) is 0 Å². The Kier molecular flexibility index (Phi) is 4.26. The number of hydrogen-bond acceptors (Lipinski definition) is 6. The van der Waals surface area contributed by atoms with Crippen LogP contribution in [-0.2, 0) is 0 Å². The van der Waals surface area contributed by atoms with Gasteiger partial charge in [0.2, 0.25) is 0 Å². The Labute approximate surface area is 127 Å². The molecule has 1 unspecified atom stereocenters. The largest absolute Gasteiger partial charge is 0.489 e. The minimum Gasteiger partial charge on any atom is -0.489 e. The van der Waals surface area contributed by atoms with E-state index >= 15 is 0 Å². The fraction of sp³-hybridized carbons (Fsp3) is 0.400. The quantitative estimate of drug-likeness (QED) is 0.872. The van der Waals surface area contributed by atoms with Crippen molar-refractivity contribution in [2.24, 2.45) is 5.73 Å². The van der Waals surface area contributed by atoms with Gasteiger partial charge < -0.3 is 24.9 Å². The third kappa shape index (κ3) is 3.05. The van der Waals surface area contributed by atoms with Crippen LogP contribution < -0.4 is 15.4 Å². The number of rotatable bonds is 5. The van der Waals surface area contributed by atoms with Gasteiger partial charge in [-0.05, 0) is 18.6 Å². The predicted molar refractivity (Wildman–Crippen MR) is 80.6 cm³/mol. The molecular weight excluding hydrogens is 289 g/mol. The van der Waals surface area contributed by atoms with Gasteiger partial charge in [0.15, 0.2) is 5.58 Å². The molecule has 1 aliphatic heterocycles. The van der Waals surface area contributed by atoms with Crippen LogP contribution in [0.15, 0.2) is 34.5 Å². The molecule has 2 heterocycles. The van der Waals surface area contributed by atoms with Gasteiger partial charge in [-0.2, -0.15) is 4.98 Å². The lowest BCUT2D eigenvalue weighted by molar-refractivity contribution is 0.198. The molecule has 7 heteroatoms. The Morgan fingerprint density at radius 3 is 3.14 bits per heavy atom. The van der Waals surface area contributed by atoms with Gasteiger partial charge in [-0.25, -0.2) is 4.39 Å². The van der Waals surface area contributed by atoms with Crippen molar-refractivity contribution in [2.45, 2.75) is 12.5 Å². The van der Waals surface area contributed by atoms with Crippen molar-refractivity contribution in [3.8, 4) is 5.75 Å². The fourth-order valence-electron chi connectivity index (χ4n) is 2.34. The highest BCUT2D eigenvalue weighted by molar-refractivity contribution is 5.76. The molecule has 1 aromatic heterocycles. The van der Waals surface area contributed by atoms with E-state index in [1.54, 1.807) is 18.2 Å². The molecule has 1 aliphatic rings. The van der Waals surface area contributed by atoms with E-state index in [0.717, 1.165) is 6.54 Å². The number of nitrogens with zero attached hydrogens (tertiary/aromatic N) is 2. The second-order valence-electron chi connectivity index (χ2n) is 5.27. The van der Waals surface area contributed by atoms with Crippen molar-refractivity contribution in [2.75, 3.05) is 31.1 Å². The average molecular weight is 307 g/mol. The van der Waals surface area contributed by atoms with Crippen LogP contribution in [0.2, 0.25) is 0 Å². The molecule has 0 amide bonds. The Balaban J connectivity index is 1.75. The molecule has 118 valence electrons. The van der Waals surface area contributed by atoms with Gasteiger partial charge >= 0.3 is 0 Å². The van der Waals surface area contributed by atoms with E-state index in [4.69, 9.17) is 14.9 Å². The van der Waals surface area contributed by atoms with Crippen LogP contribution in [0.25, 0.3) is 11.1 Å². The molecule has 1 fully saturated rings. The highest BCUT2D eigenvalue weighted by atomic mass is 19.1. The van der Waals surface area contributed by atoms with Crippen LogP contribution >= 0.6 is 0 Å². The molecule has 1 atom stereocenters. The summed E-state index contributed by atoms with van der Waals surface area (Å²) in [7, 11) is 0. The Bertz CT molecular complexity index is 686. The summed E-state index contributed by atoms with van der Waals surface area (Å²) < 4.78 is 23.6. The maximum absolute atomic E-state index is 12.4. The molecule has 0 radical (unpaired) electrons. The first kappa shape index (κ1) is 14.8. The molecule has 0 bridgehead atoms. The summed E-state index contributed by atoms with van der Waals surface area (Å²) in [5.74, 6) is 0.560. The standard InChI is InChI=1S/C15H18FN3O3/c16-6-10(7-17)9-21-12-1-2-13-14(5-12)22-15(18-13)19-4-3-11(20)8-19/h1-2,5-6,11,20H,3-4,7-9,17H2/b10-6+. The van der Waals surface area contributed by atoms with Gasteiger partial charge in [-0.1, -0.05) is 0 Å². The van der Waals surface area contributed by atoms with Gasteiger partial charge in [0.1, 0.15) is 17.9 Å². The lowest BCUT2D eigenvalue weighted by Gasteiger charge is -2.10. The van der Waals surface area contributed by atoms with Crippen LogP contribution in [0.5, 0.6) is 5.75 Å². The summed E-state index contributed by atoms with van der Waals surface area (Å²) in [4.78, 5) is 6.31. The lowest BCUT2D eigenvalue weighted by Crippen LogP contribution is -2.21. The smallest absolute Gasteiger partial charge is 0.298 e. The van der Waals surface area contributed by atoms with E-state index in [1.807, 2.05) is 4.90 Å². The first-order valence-corrected chi connectivity index (χ1v) is 7.14. The number of nitrogens with two attached hydrogens (primary N) is 1. The Hall–Kier alpha value is -2.12. The third-order valence-electron chi connectivity index (χ3n) is 3.62. The Morgan fingerprint density at radius 1 is 1.59 bits per heavy atom. The first-order chi connectivity index (χ1) is 10.7. The van der Waals surface area contributed by atoms with E-state index in [9.17, 15) is 9.50 Å².